The molecule has 2 N–H and O–H groups in total. The summed E-state index contributed by atoms with van der Waals surface area (Å²) in [5, 5.41) is 11.0. The molecule has 2 rings (SSSR count). The van der Waals surface area contributed by atoms with Crippen LogP contribution in [-0.2, 0) is 9.53 Å². The Balaban J connectivity index is 1.99. The Morgan fingerprint density at radius 1 is 1.67 bits per heavy atom. The third-order valence-electron chi connectivity index (χ3n) is 4.01. The lowest BCUT2D eigenvalue weighted by Crippen LogP contribution is -2.57. The molecule has 1 fully saturated rings. The molecule has 1 aromatic rings. The third-order valence-corrected chi connectivity index (χ3v) is 4.92. The van der Waals surface area contributed by atoms with Gasteiger partial charge in [0.25, 0.3) is 0 Å². The van der Waals surface area contributed by atoms with Crippen molar-refractivity contribution in [1.82, 2.24) is 20.5 Å². The van der Waals surface area contributed by atoms with Crippen LogP contribution in [-0.4, -0.2) is 45.6 Å². The van der Waals surface area contributed by atoms with Gasteiger partial charge in [-0.05, 0) is 39.0 Å². The summed E-state index contributed by atoms with van der Waals surface area (Å²) in [6, 6.07) is 0.256. The number of rotatable bonds is 7. The van der Waals surface area contributed by atoms with Crippen LogP contribution in [0.3, 0.4) is 0 Å². The first-order valence-electron chi connectivity index (χ1n) is 7.43. The number of esters is 1. The number of H-pyrrole nitrogens is 1. The summed E-state index contributed by atoms with van der Waals surface area (Å²) in [6.07, 6.45) is 5.45. The second-order valence-electron chi connectivity index (χ2n) is 5.78. The topological polar surface area (TPSA) is 79.9 Å². The van der Waals surface area contributed by atoms with Gasteiger partial charge in [-0.25, -0.2) is 4.98 Å². The Kier molecular flexibility index (Phi) is 5.64. The molecule has 1 heterocycles. The molecular formula is C14H24N4O2S. The van der Waals surface area contributed by atoms with E-state index in [0.29, 0.717) is 5.92 Å². The molecule has 6 nitrogen and oxygen atoms in total. The predicted molar refractivity (Wildman–Crippen MR) is 82.1 cm³/mol. The van der Waals surface area contributed by atoms with E-state index in [9.17, 15) is 4.79 Å². The van der Waals surface area contributed by atoms with Crippen molar-refractivity contribution in [3.05, 3.63) is 6.33 Å². The molecule has 0 aromatic carbocycles. The fourth-order valence-electron chi connectivity index (χ4n) is 3.25. The van der Waals surface area contributed by atoms with Crippen molar-refractivity contribution in [2.24, 2.45) is 5.92 Å². The smallest absolute Gasteiger partial charge is 0.326 e. The van der Waals surface area contributed by atoms with Crippen LogP contribution in [0.2, 0.25) is 0 Å². The Hall–Kier alpha value is -1.08. The monoisotopic (exact) mass is 312 g/mol. The van der Waals surface area contributed by atoms with Crippen molar-refractivity contribution >= 4 is 17.7 Å². The van der Waals surface area contributed by atoms with Gasteiger partial charge in [0.2, 0.25) is 0 Å². The lowest BCUT2D eigenvalue weighted by molar-refractivity contribution is -0.150. The molecule has 21 heavy (non-hydrogen) atoms. The average Bonchev–Trinajstić information content (AvgIpc) is 3.08. The van der Waals surface area contributed by atoms with E-state index in [-0.39, 0.29) is 12.0 Å². The zero-order chi connectivity index (χ0) is 15.3. The largest absolute Gasteiger partial charge is 0.468 e. The SMILES string of the molecule is COC(=O)C1(NC(C)C)CCCC1CCSc1ncn[nH]1. The molecular weight excluding hydrogens is 288 g/mol. The van der Waals surface area contributed by atoms with Gasteiger partial charge in [0.1, 0.15) is 11.9 Å². The summed E-state index contributed by atoms with van der Waals surface area (Å²) in [7, 11) is 1.48. The molecule has 1 aliphatic rings. The van der Waals surface area contributed by atoms with Crippen LogP contribution in [0.1, 0.15) is 39.5 Å². The maximum atomic E-state index is 12.4. The number of hydrogen-bond donors (Lipinski definition) is 2. The van der Waals surface area contributed by atoms with Gasteiger partial charge in [-0.1, -0.05) is 18.2 Å². The van der Waals surface area contributed by atoms with Gasteiger partial charge in [-0.15, -0.1) is 0 Å². The number of carbonyl (C=O) groups excluding carboxylic acids is 1. The molecule has 0 aliphatic heterocycles. The van der Waals surface area contributed by atoms with Gasteiger partial charge >= 0.3 is 5.97 Å². The van der Waals surface area contributed by atoms with E-state index in [4.69, 9.17) is 4.74 Å². The minimum atomic E-state index is -0.523. The highest BCUT2D eigenvalue weighted by atomic mass is 32.2. The van der Waals surface area contributed by atoms with Gasteiger partial charge in [-0.3, -0.25) is 15.2 Å². The van der Waals surface area contributed by atoms with Gasteiger partial charge in [0.05, 0.1) is 7.11 Å². The highest BCUT2D eigenvalue weighted by Gasteiger charge is 2.49. The molecule has 0 saturated heterocycles. The lowest BCUT2D eigenvalue weighted by atomic mass is 9.84. The number of nitrogens with zero attached hydrogens (tertiary/aromatic N) is 2. The molecule has 2 unspecified atom stereocenters. The van der Waals surface area contributed by atoms with Crippen molar-refractivity contribution in [3.8, 4) is 0 Å². The van der Waals surface area contributed by atoms with Crippen molar-refractivity contribution in [3.63, 3.8) is 0 Å². The number of hydrogen-bond acceptors (Lipinski definition) is 6. The minimum absolute atomic E-state index is 0.122. The molecule has 118 valence electrons. The summed E-state index contributed by atoms with van der Waals surface area (Å²) in [5.74, 6) is 1.10. The average molecular weight is 312 g/mol. The molecule has 0 spiro atoms. The number of nitrogens with one attached hydrogen (secondary N) is 2. The van der Waals surface area contributed by atoms with Crippen LogP contribution in [0.15, 0.2) is 11.5 Å². The van der Waals surface area contributed by atoms with Crippen molar-refractivity contribution in [2.45, 2.75) is 56.3 Å². The minimum Gasteiger partial charge on any atom is -0.468 e. The number of aromatic nitrogens is 3. The summed E-state index contributed by atoms with van der Waals surface area (Å²) in [6.45, 7) is 4.15. The van der Waals surface area contributed by atoms with Gasteiger partial charge in [-0.2, -0.15) is 5.10 Å². The fraction of sp³-hybridized carbons (Fsp3) is 0.786. The van der Waals surface area contributed by atoms with E-state index in [2.05, 4.69) is 34.3 Å². The molecule has 1 saturated carbocycles. The highest BCUT2D eigenvalue weighted by Crippen LogP contribution is 2.40. The summed E-state index contributed by atoms with van der Waals surface area (Å²) in [4.78, 5) is 16.5. The predicted octanol–water partition coefficient (Wildman–Crippen LogP) is 2.00. The standard InChI is InChI=1S/C14H24N4O2S/c1-10(2)17-14(12(19)20-3)7-4-5-11(14)6-8-21-13-15-9-16-18-13/h9-11,17H,4-8H2,1-3H3,(H,15,16,18). The maximum Gasteiger partial charge on any atom is 0.326 e. The van der Waals surface area contributed by atoms with Crippen LogP contribution in [0.4, 0.5) is 0 Å². The quantitative estimate of drug-likeness (QED) is 0.592. The van der Waals surface area contributed by atoms with Crippen LogP contribution >= 0.6 is 11.8 Å². The van der Waals surface area contributed by atoms with E-state index >= 15 is 0 Å². The van der Waals surface area contributed by atoms with Crippen LogP contribution in [0.25, 0.3) is 0 Å². The Bertz CT molecular complexity index is 452. The number of methoxy groups -OCH3 is 1. The molecule has 7 heteroatoms. The second-order valence-corrected chi connectivity index (χ2v) is 6.86. The Labute approximate surface area is 129 Å². The van der Waals surface area contributed by atoms with Crippen molar-refractivity contribution in [1.29, 1.82) is 0 Å². The lowest BCUT2D eigenvalue weighted by Gasteiger charge is -2.35. The van der Waals surface area contributed by atoms with E-state index in [1.165, 1.54) is 13.4 Å². The van der Waals surface area contributed by atoms with Gasteiger partial charge in [0.15, 0.2) is 5.16 Å². The molecule has 0 amide bonds. The van der Waals surface area contributed by atoms with Gasteiger partial charge < -0.3 is 4.74 Å². The van der Waals surface area contributed by atoms with Crippen LogP contribution < -0.4 is 5.32 Å². The number of ether oxygens (including phenoxy) is 1. The summed E-state index contributed by atoms with van der Waals surface area (Å²) < 4.78 is 5.08. The first-order chi connectivity index (χ1) is 10.1. The summed E-state index contributed by atoms with van der Waals surface area (Å²) >= 11 is 1.64. The molecule has 1 aromatic heterocycles. The van der Waals surface area contributed by atoms with Crippen molar-refractivity contribution in [2.75, 3.05) is 12.9 Å². The molecule has 2 atom stereocenters. The first-order valence-corrected chi connectivity index (χ1v) is 8.41. The van der Waals surface area contributed by atoms with E-state index in [1.54, 1.807) is 11.8 Å². The number of thioether (sulfide) groups is 1. The second kappa shape index (κ2) is 7.26. The highest BCUT2D eigenvalue weighted by molar-refractivity contribution is 7.99. The van der Waals surface area contributed by atoms with E-state index in [1.807, 2.05) is 0 Å². The first kappa shape index (κ1) is 16.3. The van der Waals surface area contributed by atoms with Crippen molar-refractivity contribution < 1.29 is 9.53 Å². The number of carbonyl (C=O) groups is 1. The zero-order valence-electron chi connectivity index (χ0n) is 12.9. The maximum absolute atomic E-state index is 12.4. The fourth-order valence-corrected chi connectivity index (χ4v) is 4.08. The summed E-state index contributed by atoms with van der Waals surface area (Å²) in [5.41, 5.74) is -0.523. The molecule has 0 radical (unpaired) electrons. The third kappa shape index (κ3) is 3.77. The Morgan fingerprint density at radius 3 is 3.10 bits per heavy atom. The normalized spacial score (nSPS) is 25.4. The molecule has 0 bridgehead atoms. The van der Waals surface area contributed by atoms with Crippen LogP contribution in [0.5, 0.6) is 0 Å². The number of aromatic amines is 1. The van der Waals surface area contributed by atoms with E-state index in [0.717, 1.165) is 36.6 Å². The van der Waals surface area contributed by atoms with Gasteiger partial charge in [0, 0.05) is 11.8 Å². The molecule has 1 aliphatic carbocycles. The van der Waals surface area contributed by atoms with Crippen LogP contribution in [0, 0.1) is 5.92 Å². The Morgan fingerprint density at radius 2 is 2.48 bits per heavy atom. The zero-order valence-corrected chi connectivity index (χ0v) is 13.7. The van der Waals surface area contributed by atoms with E-state index < -0.39 is 5.54 Å².